The Morgan fingerprint density at radius 3 is 1.76 bits per heavy atom. The predicted molar refractivity (Wildman–Crippen MR) is 271 cm³/mol. The first-order valence-electron chi connectivity index (χ1n) is 25.7. The summed E-state index contributed by atoms with van der Waals surface area (Å²) in [4.78, 5) is 135. The summed E-state index contributed by atoms with van der Waals surface area (Å²) in [5.74, 6) is -7.76. The summed E-state index contributed by atoms with van der Waals surface area (Å²) in [6.45, 7) is 23.3. The third kappa shape index (κ3) is 15.7. The molecule has 0 bridgehead atoms. The molecular weight excluding hydrogens is 909 g/mol. The molecule has 0 aliphatic carbocycles. The fraction of sp³-hybridized carbons (Fsp3) is 0.717. The van der Waals surface area contributed by atoms with Crippen molar-refractivity contribution in [3.05, 3.63) is 35.9 Å². The maximum absolute atomic E-state index is 14.7. The molecule has 0 radical (unpaired) electrons. The Kier molecular flexibility index (Phi) is 22.5. The number of carbonyl (C=O) groups excluding carboxylic acids is 9. The second-order valence-electron chi connectivity index (χ2n) is 21.5. The van der Waals surface area contributed by atoms with Crippen LogP contribution < -0.4 is 21.3 Å². The Bertz CT molecular complexity index is 2030. The van der Waals surface area contributed by atoms with Gasteiger partial charge in [-0.15, -0.1) is 0 Å². The van der Waals surface area contributed by atoms with Crippen molar-refractivity contribution in [1.29, 1.82) is 0 Å². The summed E-state index contributed by atoms with van der Waals surface area (Å²) in [7, 11) is 4.49. The monoisotopic (exact) mass is 995 g/mol. The highest BCUT2D eigenvalue weighted by molar-refractivity contribution is 5.98. The average molecular weight is 995 g/mol. The van der Waals surface area contributed by atoms with E-state index in [0.717, 1.165) is 0 Å². The SMILES string of the molecule is CCC(C)C1C(=O)NC(C(C)C)C(=O)NC(C)C(C)C(=O)NC(CC(C)C)C(=O)NC(Cc2ccccc2)C(=O)OC(C(C)C)C(=O)N2CCCC2C(=O)N(C)C(C)C(=O)N(C)C(CC(C)C)C(=O)N1C. The number of hydrogen-bond acceptors (Lipinski definition) is 10. The first kappa shape index (κ1) is 59.8. The molecule has 2 aliphatic rings. The fourth-order valence-electron chi connectivity index (χ4n) is 9.21. The van der Waals surface area contributed by atoms with Crippen molar-refractivity contribution in [3.8, 4) is 0 Å². The molecule has 1 aromatic carbocycles. The van der Waals surface area contributed by atoms with Gasteiger partial charge in [0.1, 0.15) is 42.3 Å². The van der Waals surface area contributed by atoms with Gasteiger partial charge in [-0.3, -0.25) is 38.4 Å². The Balaban J connectivity index is 2.19. The maximum atomic E-state index is 14.7. The summed E-state index contributed by atoms with van der Waals surface area (Å²) in [6, 6.07) is 0.524. The molecule has 3 rings (SSSR count). The summed E-state index contributed by atoms with van der Waals surface area (Å²) in [5.41, 5.74) is 0.691. The van der Waals surface area contributed by atoms with Crippen molar-refractivity contribution >= 4 is 53.2 Å². The lowest BCUT2D eigenvalue weighted by Crippen LogP contribution is -2.61. The number of nitrogens with zero attached hydrogens (tertiary/aromatic N) is 4. The highest BCUT2D eigenvalue weighted by Crippen LogP contribution is 2.26. The van der Waals surface area contributed by atoms with E-state index in [4.69, 9.17) is 4.74 Å². The van der Waals surface area contributed by atoms with Crippen molar-refractivity contribution in [2.45, 2.75) is 183 Å². The highest BCUT2D eigenvalue weighted by Gasteiger charge is 2.45. The van der Waals surface area contributed by atoms with E-state index < -0.39 is 125 Å². The molecule has 11 atom stereocenters. The summed E-state index contributed by atoms with van der Waals surface area (Å²) in [5, 5.41) is 11.4. The Hall–Kier alpha value is -5.55. The minimum absolute atomic E-state index is 0.00617. The van der Waals surface area contributed by atoms with E-state index in [9.17, 15) is 43.2 Å². The van der Waals surface area contributed by atoms with E-state index >= 15 is 0 Å². The summed E-state index contributed by atoms with van der Waals surface area (Å²) >= 11 is 0. The number of cyclic esters (lactones) is 1. The van der Waals surface area contributed by atoms with Gasteiger partial charge in [0.15, 0.2) is 6.10 Å². The third-order valence-electron chi connectivity index (χ3n) is 14.2. The van der Waals surface area contributed by atoms with Gasteiger partial charge < -0.3 is 45.6 Å². The molecule has 398 valence electrons. The van der Waals surface area contributed by atoms with E-state index in [2.05, 4.69) is 21.3 Å². The Labute approximate surface area is 422 Å². The molecule has 71 heavy (non-hydrogen) atoms. The van der Waals surface area contributed by atoms with E-state index in [-0.39, 0.29) is 50.0 Å². The highest BCUT2D eigenvalue weighted by atomic mass is 16.6. The topological polar surface area (TPSA) is 224 Å². The number of hydrogen-bond donors (Lipinski definition) is 4. The molecule has 0 saturated carbocycles. The largest absolute Gasteiger partial charge is 0.450 e. The van der Waals surface area contributed by atoms with Crippen molar-refractivity contribution in [2.75, 3.05) is 27.7 Å². The quantitative estimate of drug-likeness (QED) is 0.249. The lowest BCUT2D eigenvalue weighted by Gasteiger charge is -2.39. The Morgan fingerprint density at radius 1 is 0.620 bits per heavy atom. The van der Waals surface area contributed by atoms with Crippen molar-refractivity contribution in [2.24, 2.45) is 35.5 Å². The standard InChI is InChI=1S/C53H86N8O10/c1-17-33(10)43-48(65)57-42(31(6)7)47(64)54-35(12)34(11)45(62)55-38(26-29(2)3)46(63)56-39(28-37-22-19-18-20-23-37)53(70)71-44(32(8)9)52(69)61-25-21-24-40(61)50(67)58(14)36(13)49(66)59(15)41(27-30(4)5)51(68)60(43)16/h18-20,22-23,29-36,38-44H,17,21,24-28H2,1-16H3,(H,54,64)(H,55,62)(H,56,63)(H,57,65). The van der Waals surface area contributed by atoms with Crippen LogP contribution in [0.5, 0.6) is 0 Å². The normalized spacial score (nSPS) is 28.6. The van der Waals surface area contributed by atoms with Gasteiger partial charge in [-0.25, -0.2) is 4.79 Å². The molecule has 11 unspecified atom stereocenters. The van der Waals surface area contributed by atoms with Crippen LogP contribution >= 0.6 is 0 Å². The van der Waals surface area contributed by atoms with Crippen LogP contribution in [0.2, 0.25) is 0 Å². The number of esters is 1. The number of rotatable bonds is 10. The second kappa shape index (κ2) is 26.8. The van der Waals surface area contributed by atoms with Crippen LogP contribution in [0.3, 0.4) is 0 Å². The van der Waals surface area contributed by atoms with E-state index in [1.165, 1.54) is 40.7 Å². The molecule has 0 spiro atoms. The second-order valence-corrected chi connectivity index (χ2v) is 21.5. The van der Waals surface area contributed by atoms with Crippen molar-refractivity contribution in [3.63, 3.8) is 0 Å². The van der Waals surface area contributed by atoms with Crippen molar-refractivity contribution < 1.29 is 47.9 Å². The molecule has 18 nitrogen and oxygen atoms in total. The maximum Gasteiger partial charge on any atom is 0.329 e. The smallest absolute Gasteiger partial charge is 0.329 e. The number of nitrogens with one attached hydrogen (secondary N) is 4. The molecule has 8 amide bonds. The summed E-state index contributed by atoms with van der Waals surface area (Å²) < 4.78 is 6.04. The molecule has 18 heteroatoms. The molecule has 2 aliphatic heterocycles. The lowest BCUT2D eigenvalue weighted by molar-refractivity contribution is -0.167. The van der Waals surface area contributed by atoms with Crippen LogP contribution in [-0.4, -0.2) is 155 Å². The molecule has 1 aromatic rings. The lowest BCUT2D eigenvalue weighted by atomic mass is 9.93. The number of benzene rings is 1. The molecule has 2 heterocycles. The number of amides is 8. The number of fused-ring (bicyclic) bond motifs is 1. The van der Waals surface area contributed by atoms with E-state index in [0.29, 0.717) is 18.4 Å². The van der Waals surface area contributed by atoms with Crippen LogP contribution in [0.1, 0.15) is 128 Å². The molecule has 2 fully saturated rings. The minimum Gasteiger partial charge on any atom is -0.450 e. The van der Waals surface area contributed by atoms with Gasteiger partial charge in [-0.05, 0) is 74.7 Å². The zero-order valence-corrected chi connectivity index (χ0v) is 45.4. The minimum atomic E-state index is -1.35. The van der Waals surface area contributed by atoms with Crippen LogP contribution in [-0.2, 0) is 54.3 Å². The van der Waals surface area contributed by atoms with Gasteiger partial charge in [-0.1, -0.05) is 113 Å². The first-order chi connectivity index (χ1) is 33.1. The van der Waals surface area contributed by atoms with Gasteiger partial charge in [0.2, 0.25) is 41.4 Å². The van der Waals surface area contributed by atoms with Crippen LogP contribution in [0.4, 0.5) is 0 Å². The van der Waals surface area contributed by atoms with Gasteiger partial charge in [0.25, 0.3) is 5.91 Å². The number of carbonyl (C=O) groups is 9. The van der Waals surface area contributed by atoms with Gasteiger partial charge in [0.05, 0.1) is 5.92 Å². The third-order valence-corrected chi connectivity index (χ3v) is 14.2. The number of likely N-dealkylation sites (N-methyl/N-ethyl adjacent to an activating group) is 3. The molecule has 0 aromatic heterocycles. The number of ether oxygens (including phenoxy) is 1. The Morgan fingerprint density at radius 2 is 1.21 bits per heavy atom. The molecular formula is C53H86N8O10. The fourth-order valence-corrected chi connectivity index (χ4v) is 9.21. The van der Waals surface area contributed by atoms with Gasteiger partial charge in [-0.2, -0.15) is 0 Å². The van der Waals surface area contributed by atoms with Crippen LogP contribution in [0.15, 0.2) is 30.3 Å². The van der Waals surface area contributed by atoms with Crippen LogP contribution in [0, 0.1) is 35.5 Å². The average Bonchev–Trinajstić information content (AvgIpc) is 3.81. The molecule has 4 N–H and O–H groups in total. The molecule has 2 saturated heterocycles. The van der Waals surface area contributed by atoms with Gasteiger partial charge in [0, 0.05) is 40.2 Å². The van der Waals surface area contributed by atoms with E-state index in [1.807, 2.05) is 47.6 Å². The van der Waals surface area contributed by atoms with E-state index in [1.54, 1.807) is 72.7 Å². The zero-order valence-electron chi connectivity index (χ0n) is 45.4. The van der Waals surface area contributed by atoms with Crippen LogP contribution in [0.25, 0.3) is 0 Å². The van der Waals surface area contributed by atoms with Crippen molar-refractivity contribution in [1.82, 2.24) is 40.9 Å². The zero-order chi connectivity index (χ0) is 53.8. The first-order valence-corrected chi connectivity index (χ1v) is 25.7. The predicted octanol–water partition coefficient (Wildman–Crippen LogP) is 3.69. The summed E-state index contributed by atoms with van der Waals surface area (Å²) in [6.07, 6.45) is 0.319. The van der Waals surface area contributed by atoms with Gasteiger partial charge >= 0.3 is 5.97 Å².